The predicted octanol–water partition coefficient (Wildman–Crippen LogP) is 1.18. The van der Waals surface area contributed by atoms with Gasteiger partial charge in [0.15, 0.2) is 0 Å². The van der Waals surface area contributed by atoms with E-state index in [0.29, 0.717) is 6.04 Å². The molecule has 0 aliphatic carbocycles. The third-order valence-electron chi connectivity index (χ3n) is 3.90. The molecule has 1 aromatic rings. The van der Waals surface area contributed by atoms with E-state index >= 15 is 0 Å². The number of imidazole rings is 1. The molecule has 3 heterocycles. The van der Waals surface area contributed by atoms with E-state index < -0.39 is 0 Å². The van der Waals surface area contributed by atoms with Crippen LogP contribution in [0.1, 0.15) is 12.1 Å². The monoisotopic (exact) mass is 232 g/mol. The van der Waals surface area contributed by atoms with E-state index in [2.05, 4.69) is 39.5 Å². The first-order valence-electron chi connectivity index (χ1n) is 6.41. The van der Waals surface area contributed by atoms with E-state index in [4.69, 9.17) is 0 Å². The number of fused-ring (bicyclic) bond motifs is 1. The molecular formula is C13H20N4. The summed E-state index contributed by atoms with van der Waals surface area (Å²) in [5, 5.41) is 3.48. The standard InChI is InChI=1S/C13H20N4/c1-3-5-16-9-10(2)15-13(16)17-6-4-11-7-14-8-12(11)17/h3,9,11-12,14H,1,4-8H2,2H3/t11-,12+/m0/s1. The molecule has 0 unspecified atom stereocenters. The fraction of sp³-hybridized carbons (Fsp3) is 0.615. The maximum atomic E-state index is 4.69. The van der Waals surface area contributed by atoms with Gasteiger partial charge in [-0.25, -0.2) is 4.98 Å². The molecule has 0 amide bonds. The van der Waals surface area contributed by atoms with Crippen molar-refractivity contribution in [1.29, 1.82) is 0 Å². The molecule has 1 N–H and O–H groups in total. The molecule has 2 saturated heterocycles. The van der Waals surface area contributed by atoms with Crippen molar-refractivity contribution >= 4 is 5.95 Å². The zero-order valence-electron chi connectivity index (χ0n) is 10.4. The number of hydrogen-bond donors (Lipinski definition) is 1. The van der Waals surface area contributed by atoms with Gasteiger partial charge < -0.3 is 14.8 Å². The minimum absolute atomic E-state index is 0.639. The Morgan fingerprint density at radius 2 is 2.47 bits per heavy atom. The summed E-state index contributed by atoms with van der Waals surface area (Å²) in [7, 11) is 0. The number of aromatic nitrogens is 2. The van der Waals surface area contributed by atoms with Gasteiger partial charge in [0.25, 0.3) is 0 Å². The summed E-state index contributed by atoms with van der Waals surface area (Å²) < 4.78 is 2.21. The van der Waals surface area contributed by atoms with Gasteiger partial charge in [-0.1, -0.05) is 6.08 Å². The molecule has 2 fully saturated rings. The number of nitrogens with one attached hydrogen (secondary N) is 1. The summed E-state index contributed by atoms with van der Waals surface area (Å²) in [6.07, 6.45) is 5.34. The van der Waals surface area contributed by atoms with Crippen LogP contribution in [0.4, 0.5) is 5.95 Å². The summed E-state index contributed by atoms with van der Waals surface area (Å²) in [4.78, 5) is 7.16. The molecule has 3 rings (SSSR count). The van der Waals surface area contributed by atoms with Gasteiger partial charge in [-0.15, -0.1) is 6.58 Å². The van der Waals surface area contributed by atoms with E-state index in [1.807, 2.05) is 6.08 Å². The first-order valence-corrected chi connectivity index (χ1v) is 6.41. The van der Waals surface area contributed by atoms with Crippen LogP contribution in [0.3, 0.4) is 0 Å². The van der Waals surface area contributed by atoms with Crippen molar-refractivity contribution in [3.8, 4) is 0 Å². The zero-order chi connectivity index (χ0) is 11.8. The Morgan fingerprint density at radius 3 is 3.29 bits per heavy atom. The molecule has 92 valence electrons. The Bertz CT molecular complexity index is 423. The molecule has 0 bridgehead atoms. The number of anilines is 1. The summed E-state index contributed by atoms with van der Waals surface area (Å²) in [6.45, 7) is 10.1. The average Bonchev–Trinajstić information content (AvgIpc) is 2.93. The molecule has 1 aromatic heterocycles. The quantitative estimate of drug-likeness (QED) is 0.794. The largest absolute Gasteiger partial charge is 0.338 e. The lowest BCUT2D eigenvalue weighted by Gasteiger charge is -2.24. The SMILES string of the molecule is C=CCn1cc(C)nc1N1CC[C@H]2CNC[C@H]21. The Kier molecular flexibility index (Phi) is 2.67. The Morgan fingerprint density at radius 1 is 1.59 bits per heavy atom. The van der Waals surface area contributed by atoms with Crippen LogP contribution in [0, 0.1) is 12.8 Å². The predicted molar refractivity (Wildman–Crippen MR) is 69.3 cm³/mol. The van der Waals surface area contributed by atoms with Crippen LogP contribution in [-0.2, 0) is 6.54 Å². The molecule has 4 heteroatoms. The molecule has 4 nitrogen and oxygen atoms in total. The van der Waals surface area contributed by atoms with Crippen molar-refractivity contribution in [2.75, 3.05) is 24.5 Å². The van der Waals surface area contributed by atoms with Gasteiger partial charge in [-0.3, -0.25) is 0 Å². The highest BCUT2D eigenvalue weighted by Gasteiger charge is 2.39. The topological polar surface area (TPSA) is 33.1 Å². The van der Waals surface area contributed by atoms with E-state index in [9.17, 15) is 0 Å². The Balaban J connectivity index is 1.90. The highest BCUT2D eigenvalue weighted by Crippen LogP contribution is 2.31. The maximum Gasteiger partial charge on any atom is 0.206 e. The summed E-state index contributed by atoms with van der Waals surface area (Å²) >= 11 is 0. The van der Waals surface area contributed by atoms with Gasteiger partial charge in [0, 0.05) is 38.4 Å². The van der Waals surface area contributed by atoms with E-state index in [1.165, 1.54) is 13.0 Å². The van der Waals surface area contributed by atoms with Crippen molar-refractivity contribution in [2.45, 2.75) is 25.9 Å². The second-order valence-corrected chi connectivity index (χ2v) is 5.09. The highest BCUT2D eigenvalue weighted by atomic mass is 15.4. The van der Waals surface area contributed by atoms with Crippen LogP contribution >= 0.6 is 0 Å². The zero-order valence-corrected chi connectivity index (χ0v) is 10.4. The number of nitrogens with zero attached hydrogens (tertiary/aromatic N) is 3. The molecule has 0 saturated carbocycles. The molecule has 0 aromatic carbocycles. The van der Waals surface area contributed by atoms with Crippen LogP contribution in [-0.4, -0.2) is 35.2 Å². The number of rotatable bonds is 3. The van der Waals surface area contributed by atoms with E-state index in [0.717, 1.165) is 37.2 Å². The third-order valence-corrected chi connectivity index (χ3v) is 3.90. The van der Waals surface area contributed by atoms with Gasteiger partial charge in [-0.2, -0.15) is 0 Å². The molecule has 0 spiro atoms. The van der Waals surface area contributed by atoms with Gasteiger partial charge in [-0.05, 0) is 19.3 Å². The smallest absolute Gasteiger partial charge is 0.206 e. The van der Waals surface area contributed by atoms with Gasteiger partial charge in [0.1, 0.15) is 0 Å². The number of allylic oxidation sites excluding steroid dienone is 1. The average molecular weight is 232 g/mol. The number of hydrogen-bond acceptors (Lipinski definition) is 3. The van der Waals surface area contributed by atoms with Crippen LogP contribution in [0.25, 0.3) is 0 Å². The minimum Gasteiger partial charge on any atom is -0.338 e. The van der Waals surface area contributed by atoms with Crippen molar-refractivity contribution in [3.63, 3.8) is 0 Å². The first kappa shape index (κ1) is 10.8. The fourth-order valence-electron chi connectivity index (χ4n) is 3.13. The summed E-state index contributed by atoms with van der Waals surface area (Å²) in [5.74, 6) is 1.93. The van der Waals surface area contributed by atoms with Crippen molar-refractivity contribution in [2.24, 2.45) is 5.92 Å². The Labute approximate surface area is 102 Å². The second kappa shape index (κ2) is 4.18. The van der Waals surface area contributed by atoms with Crippen molar-refractivity contribution < 1.29 is 0 Å². The Hall–Kier alpha value is -1.29. The molecule has 2 aliphatic heterocycles. The lowest BCUT2D eigenvalue weighted by atomic mass is 10.1. The normalized spacial score (nSPS) is 27.5. The highest BCUT2D eigenvalue weighted by molar-refractivity contribution is 5.38. The summed E-state index contributed by atoms with van der Waals surface area (Å²) in [5.41, 5.74) is 1.09. The molecule has 0 radical (unpaired) electrons. The summed E-state index contributed by atoms with van der Waals surface area (Å²) in [6, 6.07) is 0.639. The molecule has 17 heavy (non-hydrogen) atoms. The maximum absolute atomic E-state index is 4.69. The van der Waals surface area contributed by atoms with Crippen molar-refractivity contribution in [1.82, 2.24) is 14.9 Å². The first-order chi connectivity index (χ1) is 8.29. The van der Waals surface area contributed by atoms with Crippen LogP contribution in [0.2, 0.25) is 0 Å². The second-order valence-electron chi connectivity index (χ2n) is 5.09. The van der Waals surface area contributed by atoms with Gasteiger partial charge in [0.05, 0.1) is 5.69 Å². The third kappa shape index (κ3) is 1.76. The van der Waals surface area contributed by atoms with Crippen molar-refractivity contribution in [3.05, 3.63) is 24.5 Å². The number of aryl methyl sites for hydroxylation is 1. The molecule has 2 atom stereocenters. The lowest BCUT2D eigenvalue weighted by molar-refractivity contribution is 0.572. The van der Waals surface area contributed by atoms with Crippen LogP contribution in [0.5, 0.6) is 0 Å². The van der Waals surface area contributed by atoms with Gasteiger partial charge in [0.2, 0.25) is 5.95 Å². The van der Waals surface area contributed by atoms with Crippen LogP contribution < -0.4 is 10.2 Å². The fourth-order valence-corrected chi connectivity index (χ4v) is 3.13. The molecular weight excluding hydrogens is 212 g/mol. The van der Waals surface area contributed by atoms with Crippen LogP contribution in [0.15, 0.2) is 18.9 Å². The lowest BCUT2D eigenvalue weighted by Crippen LogP contribution is -2.36. The van der Waals surface area contributed by atoms with E-state index in [1.54, 1.807) is 0 Å². The minimum atomic E-state index is 0.639. The van der Waals surface area contributed by atoms with Gasteiger partial charge >= 0.3 is 0 Å². The molecule has 2 aliphatic rings. The van der Waals surface area contributed by atoms with E-state index in [-0.39, 0.29) is 0 Å².